The van der Waals surface area contributed by atoms with E-state index in [-0.39, 0.29) is 5.41 Å². The van der Waals surface area contributed by atoms with Crippen LogP contribution >= 0.6 is 0 Å². The third-order valence-electron chi connectivity index (χ3n) is 3.25. The lowest BCUT2D eigenvalue weighted by Gasteiger charge is -2.21. The summed E-state index contributed by atoms with van der Waals surface area (Å²) in [6.07, 6.45) is 4.01. The first-order valence-corrected chi connectivity index (χ1v) is 7.71. The van der Waals surface area contributed by atoms with E-state index in [0.29, 0.717) is 6.61 Å². The Balaban J connectivity index is 2.86. The van der Waals surface area contributed by atoms with Gasteiger partial charge in [-0.25, -0.2) is 0 Å². The third kappa shape index (κ3) is 5.29. The van der Waals surface area contributed by atoms with Crippen LogP contribution in [0, 0.1) is 11.8 Å². The highest BCUT2D eigenvalue weighted by atomic mass is 16.5. The van der Waals surface area contributed by atoms with E-state index in [2.05, 4.69) is 57.7 Å². The first kappa shape index (κ1) is 16.6. The Hall–Kier alpha value is -1.42. The Morgan fingerprint density at radius 2 is 1.75 bits per heavy atom. The van der Waals surface area contributed by atoms with Crippen molar-refractivity contribution in [2.75, 3.05) is 6.61 Å². The summed E-state index contributed by atoms with van der Waals surface area (Å²) in [6, 6.07) is 6.57. The molecule has 0 saturated heterocycles. The highest BCUT2D eigenvalue weighted by molar-refractivity contribution is 5.40. The SMILES string of the molecule is CCCC#CCCc1cc(C(C)(C)C)ccc1OCC. The zero-order valence-corrected chi connectivity index (χ0v) is 13.7. The minimum atomic E-state index is 0.174. The van der Waals surface area contributed by atoms with E-state index in [1.807, 2.05) is 6.92 Å². The molecule has 1 heteroatoms. The lowest BCUT2D eigenvalue weighted by atomic mass is 9.85. The fraction of sp³-hybridized carbons (Fsp3) is 0.579. The van der Waals surface area contributed by atoms with Crippen LogP contribution in [0.4, 0.5) is 0 Å². The molecule has 1 aromatic carbocycles. The van der Waals surface area contributed by atoms with Crippen molar-refractivity contribution in [1.82, 2.24) is 0 Å². The van der Waals surface area contributed by atoms with Crippen molar-refractivity contribution in [2.24, 2.45) is 0 Å². The topological polar surface area (TPSA) is 9.23 Å². The van der Waals surface area contributed by atoms with E-state index in [9.17, 15) is 0 Å². The maximum absolute atomic E-state index is 5.73. The predicted molar refractivity (Wildman–Crippen MR) is 87.3 cm³/mol. The summed E-state index contributed by atoms with van der Waals surface area (Å²) >= 11 is 0. The second kappa shape index (κ2) is 8.00. The summed E-state index contributed by atoms with van der Waals surface area (Å²) in [4.78, 5) is 0. The number of aryl methyl sites for hydroxylation is 1. The predicted octanol–water partition coefficient (Wildman–Crippen LogP) is 5.12. The van der Waals surface area contributed by atoms with Gasteiger partial charge in [0.2, 0.25) is 0 Å². The number of benzene rings is 1. The molecule has 0 fully saturated rings. The average Bonchev–Trinajstić information content (AvgIpc) is 2.39. The van der Waals surface area contributed by atoms with Gasteiger partial charge in [0.05, 0.1) is 6.61 Å². The van der Waals surface area contributed by atoms with Gasteiger partial charge in [0, 0.05) is 12.8 Å². The molecule has 1 aromatic rings. The summed E-state index contributed by atoms with van der Waals surface area (Å²) in [5.41, 5.74) is 2.82. The molecule has 0 aromatic heterocycles. The lowest BCUT2D eigenvalue weighted by molar-refractivity contribution is 0.336. The summed E-state index contributed by atoms with van der Waals surface area (Å²) in [6.45, 7) is 11.6. The van der Waals surface area contributed by atoms with E-state index in [1.54, 1.807) is 0 Å². The number of hydrogen-bond donors (Lipinski definition) is 0. The van der Waals surface area contributed by atoms with Crippen LogP contribution in [0.1, 0.15) is 65.0 Å². The standard InChI is InChI=1S/C19H28O/c1-6-8-9-10-11-12-16-15-17(19(3,4)5)13-14-18(16)20-7-2/h13-15H,6-8,11-12H2,1-5H3. The Morgan fingerprint density at radius 1 is 1.05 bits per heavy atom. The zero-order valence-electron chi connectivity index (χ0n) is 13.7. The van der Waals surface area contributed by atoms with Gasteiger partial charge in [-0.2, -0.15) is 0 Å². The van der Waals surface area contributed by atoms with Gasteiger partial charge in [-0.1, -0.05) is 39.8 Å². The smallest absolute Gasteiger partial charge is 0.122 e. The van der Waals surface area contributed by atoms with Gasteiger partial charge in [-0.05, 0) is 42.4 Å². The monoisotopic (exact) mass is 272 g/mol. The van der Waals surface area contributed by atoms with Crippen LogP contribution in [-0.4, -0.2) is 6.61 Å². The Bertz CT molecular complexity index is 469. The van der Waals surface area contributed by atoms with Crippen LogP contribution in [0.3, 0.4) is 0 Å². The summed E-state index contributed by atoms with van der Waals surface area (Å²) in [5, 5.41) is 0. The van der Waals surface area contributed by atoms with Crippen molar-refractivity contribution in [1.29, 1.82) is 0 Å². The molecule has 0 atom stereocenters. The minimum Gasteiger partial charge on any atom is -0.494 e. The lowest BCUT2D eigenvalue weighted by Crippen LogP contribution is -2.12. The Labute approximate surface area is 124 Å². The molecule has 0 spiro atoms. The largest absolute Gasteiger partial charge is 0.494 e. The van der Waals surface area contributed by atoms with Crippen molar-refractivity contribution < 1.29 is 4.74 Å². The molecular formula is C19H28O. The normalized spacial score (nSPS) is 10.8. The van der Waals surface area contributed by atoms with Crippen LogP contribution in [0.2, 0.25) is 0 Å². The van der Waals surface area contributed by atoms with E-state index < -0.39 is 0 Å². The van der Waals surface area contributed by atoms with Gasteiger partial charge in [0.1, 0.15) is 5.75 Å². The van der Waals surface area contributed by atoms with Crippen molar-refractivity contribution in [3.63, 3.8) is 0 Å². The molecule has 1 nitrogen and oxygen atoms in total. The highest BCUT2D eigenvalue weighted by Gasteiger charge is 2.15. The number of rotatable bonds is 5. The van der Waals surface area contributed by atoms with E-state index in [4.69, 9.17) is 4.74 Å². The molecule has 0 saturated carbocycles. The summed E-state index contributed by atoms with van der Waals surface area (Å²) in [7, 11) is 0. The Kier molecular flexibility index (Phi) is 6.65. The molecule has 0 aliphatic heterocycles. The molecule has 20 heavy (non-hydrogen) atoms. The molecule has 0 unspecified atom stereocenters. The number of hydrogen-bond acceptors (Lipinski definition) is 1. The molecule has 1 rings (SSSR count). The van der Waals surface area contributed by atoms with Crippen LogP contribution < -0.4 is 4.74 Å². The minimum absolute atomic E-state index is 0.174. The average molecular weight is 272 g/mol. The van der Waals surface area contributed by atoms with E-state index in [0.717, 1.165) is 31.4 Å². The second-order valence-corrected chi connectivity index (χ2v) is 6.11. The molecule has 0 amide bonds. The second-order valence-electron chi connectivity index (χ2n) is 6.11. The van der Waals surface area contributed by atoms with Crippen molar-refractivity contribution in [3.05, 3.63) is 29.3 Å². The number of unbranched alkanes of at least 4 members (excludes halogenated alkanes) is 1. The van der Waals surface area contributed by atoms with Gasteiger partial charge in [-0.3, -0.25) is 0 Å². The molecule has 110 valence electrons. The fourth-order valence-corrected chi connectivity index (χ4v) is 2.04. The van der Waals surface area contributed by atoms with Crippen LogP contribution in [0.25, 0.3) is 0 Å². The molecular weight excluding hydrogens is 244 g/mol. The maximum Gasteiger partial charge on any atom is 0.122 e. The van der Waals surface area contributed by atoms with Gasteiger partial charge >= 0.3 is 0 Å². The van der Waals surface area contributed by atoms with Crippen LogP contribution in [-0.2, 0) is 11.8 Å². The van der Waals surface area contributed by atoms with Gasteiger partial charge in [0.25, 0.3) is 0 Å². The van der Waals surface area contributed by atoms with Crippen molar-refractivity contribution >= 4 is 0 Å². The fourth-order valence-electron chi connectivity index (χ4n) is 2.04. The van der Waals surface area contributed by atoms with E-state index >= 15 is 0 Å². The summed E-state index contributed by atoms with van der Waals surface area (Å²) < 4.78 is 5.73. The van der Waals surface area contributed by atoms with Crippen molar-refractivity contribution in [2.45, 2.75) is 65.7 Å². The van der Waals surface area contributed by atoms with Crippen molar-refractivity contribution in [3.8, 4) is 17.6 Å². The first-order chi connectivity index (χ1) is 9.49. The quantitative estimate of drug-likeness (QED) is 0.676. The third-order valence-corrected chi connectivity index (χ3v) is 3.25. The van der Waals surface area contributed by atoms with E-state index in [1.165, 1.54) is 11.1 Å². The summed E-state index contributed by atoms with van der Waals surface area (Å²) in [5.74, 6) is 7.48. The molecule has 0 radical (unpaired) electrons. The van der Waals surface area contributed by atoms with Crippen LogP contribution in [0.15, 0.2) is 18.2 Å². The highest BCUT2D eigenvalue weighted by Crippen LogP contribution is 2.28. The molecule has 0 aliphatic rings. The van der Waals surface area contributed by atoms with Gasteiger partial charge < -0.3 is 4.74 Å². The maximum atomic E-state index is 5.73. The molecule has 0 aliphatic carbocycles. The molecule has 0 bridgehead atoms. The van der Waals surface area contributed by atoms with Gasteiger partial charge in [-0.15, -0.1) is 11.8 Å². The first-order valence-electron chi connectivity index (χ1n) is 7.71. The van der Waals surface area contributed by atoms with Crippen LogP contribution in [0.5, 0.6) is 5.75 Å². The zero-order chi connectivity index (χ0) is 15.0. The Morgan fingerprint density at radius 3 is 2.35 bits per heavy atom. The number of ether oxygens (including phenoxy) is 1. The van der Waals surface area contributed by atoms with Gasteiger partial charge in [0.15, 0.2) is 0 Å². The molecule has 0 N–H and O–H groups in total. The molecule has 0 heterocycles.